The van der Waals surface area contributed by atoms with E-state index >= 15 is 0 Å². The highest BCUT2D eigenvalue weighted by Crippen LogP contribution is 2.29. The number of aromatic nitrogens is 2. The maximum atomic E-state index is 12.4. The Bertz CT molecular complexity index is 1050. The third-order valence-corrected chi connectivity index (χ3v) is 5.02. The number of benzene rings is 2. The Morgan fingerprint density at radius 2 is 1.62 bits per heavy atom. The molecule has 0 saturated carbocycles. The third kappa shape index (κ3) is 3.71. The highest BCUT2D eigenvalue weighted by molar-refractivity contribution is 6.44. The molecular weight excluding hydrogens is 420 g/mol. The lowest BCUT2D eigenvalue weighted by atomic mass is 10.2. The first kappa shape index (κ1) is 18.7. The van der Waals surface area contributed by atoms with Gasteiger partial charge in [0.2, 0.25) is 0 Å². The zero-order chi connectivity index (χ0) is 18.8. The number of rotatable bonds is 3. The van der Waals surface area contributed by atoms with Gasteiger partial charge in [0.1, 0.15) is 5.02 Å². The van der Waals surface area contributed by atoms with Crippen LogP contribution in [0.4, 0.5) is 5.69 Å². The molecule has 3 rings (SSSR count). The summed E-state index contributed by atoms with van der Waals surface area (Å²) in [6.45, 7) is 0. The highest BCUT2D eigenvalue weighted by Gasteiger charge is 2.12. The van der Waals surface area contributed by atoms with Gasteiger partial charge in [-0.3, -0.25) is 9.59 Å². The molecule has 0 radical (unpaired) electrons. The number of carbonyl (C=O) groups excluding carboxylic acids is 1. The van der Waals surface area contributed by atoms with Crippen LogP contribution < -0.4 is 10.9 Å². The smallest absolute Gasteiger partial charge is 0.291 e. The summed E-state index contributed by atoms with van der Waals surface area (Å²) in [6.07, 6.45) is 1.27. The molecule has 0 unspecified atom stereocenters. The number of anilines is 1. The fourth-order valence-corrected chi connectivity index (χ4v) is 2.75. The number of carbonyl (C=O) groups is 1. The molecule has 1 N–H and O–H groups in total. The van der Waals surface area contributed by atoms with Crippen molar-refractivity contribution in [3.05, 3.63) is 84.7 Å². The Kier molecular flexibility index (Phi) is 5.53. The van der Waals surface area contributed by atoms with E-state index in [4.69, 9.17) is 46.4 Å². The van der Waals surface area contributed by atoms with E-state index in [2.05, 4.69) is 10.4 Å². The summed E-state index contributed by atoms with van der Waals surface area (Å²) in [5.41, 5.74) is 0.640. The number of nitrogens with one attached hydrogen (secondary N) is 1. The van der Waals surface area contributed by atoms with E-state index in [-0.39, 0.29) is 21.0 Å². The third-order valence-electron chi connectivity index (χ3n) is 3.45. The summed E-state index contributed by atoms with van der Waals surface area (Å²) < 4.78 is 1.09. The van der Waals surface area contributed by atoms with E-state index in [1.54, 1.807) is 42.5 Å². The monoisotopic (exact) mass is 427 g/mol. The lowest BCUT2D eigenvalue weighted by Crippen LogP contribution is -2.21. The zero-order valence-electron chi connectivity index (χ0n) is 12.8. The average molecular weight is 429 g/mol. The Morgan fingerprint density at radius 1 is 0.923 bits per heavy atom. The summed E-state index contributed by atoms with van der Waals surface area (Å²) >= 11 is 23.6. The molecular formula is C17H9Cl4N3O2. The minimum absolute atomic E-state index is 0.0716. The SMILES string of the molecule is O=C(Nc1cccc(Cl)c1Cl)c1ccc(-n2ncc(Cl)c(Cl)c2=O)cc1. The number of amides is 1. The molecule has 1 aromatic heterocycles. The predicted molar refractivity (Wildman–Crippen MR) is 104 cm³/mol. The summed E-state index contributed by atoms with van der Waals surface area (Å²) in [5.74, 6) is -0.379. The Balaban J connectivity index is 1.86. The molecule has 0 aliphatic carbocycles. The van der Waals surface area contributed by atoms with E-state index in [9.17, 15) is 9.59 Å². The molecule has 0 saturated heterocycles. The van der Waals surface area contributed by atoms with Gasteiger partial charge >= 0.3 is 0 Å². The van der Waals surface area contributed by atoms with Crippen molar-refractivity contribution in [2.75, 3.05) is 5.32 Å². The van der Waals surface area contributed by atoms with Crippen LogP contribution in [-0.2, 0) is 0 Å². The van der Waals surface area contributed by atoms with E-state index < -0.39 is 5.56 Å². The largest absolute Gasteiger partial charge is 0.321 e. The molecule has 0 atom stereocenters. The van der Waals surface area contributed by atoms with Gasteiger partial charge in [-0.1, -0.05) is 52.5 Å². The fraction of sp³-hybridized carbons (Fsp3) is 0. The van der Waals surface area contributed by atoms with E-state index in [0.717, 1.165) is 4.68 Å². The maximum absolute atomic E-state index is 12.4. The van der Waals surface area contributed by atoms with Crippen molar-refractivity contribution in [3.8, 4) is 5.69 Å². The summed E-state index contributed by atoms with van der Waals surface area (Å²) in [6, 6.07) is 11.1. The van der Waals surface area contributed by atoms with Crippen LogP contribution in [0.5, 0.6) is 0 Å². The van der Waals surface area contributed by atoms with Gasteiger partial charge in [0.25, 0.3) is 11.5 Å². The molecule has 3 aromatic rings. The Hall–Kier alpha value is -2.05. The minimum atomic E-state index is -0.554. The minimum Gasteiger partial charge on any atom is -0.321 e. The van der Waals surface area contributed by atoms with Crippen molar-refractivity contribution >= 4 is 58.0 Å². The summed E-state index contributed by atoms with van der Waals surface area (Å²) in [7, 11) is 0. The highest BCUT2D eigenvalue weighted by atomic mass is 35.5. The molecule has 0 aliphatic rings. The van der Waals surface area contributed by atoms with Gasteiger partial charge in [-0.25, -0.2) is 0 Å². The van der Waals surface area contributed by atoms with Crippen molar-refractivity contribution in [1.29, 1.82) is 0 Å². The van der Waals surface area contributed by atoms with Crippen molar-refractivity contribution < 1.29 is 4.79 Å². The van der Waals surface area contributed by atoms with Crippen molar-refractivity contribution in [2.45, 2.75) is 0 Å². The van der Waals surface area contributed by atoms with E-state index in [0.29, 0.717) is 22.0 Å². The van der Waals surface area contributed by atoms with Crippen molar-refractivity contribution in [1.82, 2.24) is 9.78 Å². The van der Waals surface area contributed by atoms with Gasteiger partial charge in [-0.2, -0.15) is 9.78 Å². The van der Waals surface area contributed by atoms with Gasteiger partial charge in [0, 0.05) is 5.56 Å². The molecule has 26 heavy (non-hydrogen) atoms. The Morgan fingerprint density at radius 3 is 2.31 bits per heavy atom. The molecule has 132 valence electrons. The molecule has 0 spiro atoms. The first-order valence-corrected chi connectivity index (χ1v) is 8.69. The van der Waals surface area contributed by atoms with Gasteiger partial charge in [-0.05, 0) is 36.4 Å². The number of hydrogen-bond acceptors (Lipinski definition) is 3. The van der Waals surface area contributed by atoms with Crippen LogP contribution in [0.1, 0.15) is 10.4 Å². The predicted octanol–water partition coefficient (Wildman–Crippen LogP) is 5.10. The zero-order valence-corrected chi connectivity index (χ0v) is 15.9. The second-order valence-corrected chi connectivity index (χ2v) is 6.70. The molecule has 0 fully saturated rings. The first-order chi connectivity index (χ1) is 12.4. The van der Waals surface area contributed by atoms with Crippen LogP contribution in [0.15, 0.2) is 53.5 Å². The van der Waals surface area contributed by atoms with Gasteiger partial charge in [-0.15, -0.1) is 0 Å². The normalized spacial score (nSPS) is 10.6. The average Bonchev–Trinajstić information content (AvgIpc) is 2.64. The molecule has 1 heterocycles. The maximum Gasteiger partial charge on any atom is 0.291 e. The molecule has 2 aromatic carbocycles. The fourth-order valence-electron chi connectivity index (χ4n) is 2.15. The standard InChI is InChI=1S/C17H9Cl4N3O2/c18-11-2-1-3-13(14(11)20)23-16(25)9-4-6-10(7-5-9)24-17(26)15(21)12(19)8-22-24/h1-8H,(H,23,25). The number of nitrogens with zero attached hydrogens (tertiary/aromatic N) is 2. The number of hydrogen-bond donors (Lipinski definition) is 1. The lowest BCUT2D eigenvalue weighted by Gasteiger charge is -2.09. The van der Waals surface area contributed by atoms with Crippen LogP contribution >= 0.6 is 46.4 Å². The Labute approximate surface area is 168 Å². The van der Waals surface area contributed by atoms with Crippen molar-refractivity contribution in [2.24, 2.45) is 0 Å². The van der Waals surface area contributed by atoms with Crippen molar-refractivity contribution in [3.63, 3.8) is 0 Å². The van der Waals surface area contributed by atoms with Crippen LogP contribution in [-0.4, -0.2) is 15.7 Å². The van der Waals surface area contributed by atoms with Gasteiger partial charge in [0.05, 0.1) is 32.6 Å². The molecule has 1 amide bonds. The summed E-state index contributed by atoms with van der Waals surface area (Å²) in [4.78, 5) is 24.5. The van der Waals surface area contributed by atoms with E-state index in [1.807, 2.05) is 0 Å². The van der Waals surface area contributed by atoms with Crippen LogP contribution in [0, 0.1) is 0 Å². The molecule has 0 bridgehead atoms. The molecule has 5 nitrogen and oxygen atoms in total. The van der Waals surface area contributed by atoms with E-state index in [1.165, 1.54) is 6.20 Å². The second-order valence-electron chi connectivity index (χ2n) is 5.13. The topological polar surface area (TPSA) is 64.0 Å². The first-order valence-electron chi connectivity index (χ1n) is 7.17. The quantitative estimate of drug-likeness (QED) is 0.631. The molecule has 0 aliphatic heterocycles. The lowest BCUT2D eigenvalue weighted by molar-refractivity contribution is 0.102. The number of halogens is 4. The summed E-state index contributed by atoms with van der Waals surface area (Å²) in [5, 5.41) is 7.14. The van der Waals surface area contributed by atoms with Crippen LogP contribution in [0.25, 0.3) is 5.69 Å². The van der Waals surface area contributed by atoms with Gasteiger partial charge < -0.3 is 5.32 Å². The van der Waals surface area contributed by atoms with Gasteiger partial charge in [0.15, 0.2) is 0 Å². The molecule has 9 heteroatoms. The van der Waals surface area contributed by atoms with Crippen LogP contribution in [0.3, 0.4) is 0 Å². The van der Waals surface area contributed by atoms with Crippen LogP contribution in [0.2, 0.25) is 20.1 Å². The second kappa shape index (κ2) is 7.68.